The van der Waals surface area contributed by atoms with Crippen molar-refractivity contribution in [1.29, 1.82) is 0 Å². The Morgan fingerprint density at radius 2 is 1.88 bits per heavy atom. The molecule has 2 N–H and O–H groups in total. The fourth-order valence-electron chi connectivity index (χ4n) is 2.33. The summed E-state index contributed by atoms with van der Waals surface area (Å²) in [4.78, 5) is 20.3. The van der Waals surface area contributed by atoms with E-state index < -0.39 is 5.97 Å². The molecule has 1 aromatic heterocycles. The Hall–Kier alpha value is -2.63. The van der Waals surface area contributed by atoms with E-state index in [0.717, 1.165) is 0 Å². The van der Waals surface area contributed by atoms with Crippen molar-refractivity contribution in [2.75, 3.05) is 12.3 Å². The van der Waals surface area contributed by atoms with Crippen LogP contribution in [-0.4, -0.2) is 22.5 Å². The van der Waals surface area contributed by atoms with E-state index in [-0.39, 0.29) is 19.2 Å². The lowest BCUT2D eigenvalue weighted by Gasteiger charge is -2.13. The van der Waals surface area contributed by atoms with Crippen LogP contribution in [0.25, 0.3) is 0 Å². The first-order chi connectivity index (χ1) is 11.4. The number of hydrogen-bond donors (Lipinski definition) is 1. The molecule has 0 fully saturated rings. The van der Waals surface area contributed by atoms with Crippen LogP contribution in [-0.2, 0) is 11.3 Å². The van der Waals surface area contributed by atoms with Gasteiger partial charge >= 0.3 is 5.97 Å². The molecule has 0 saturated carbocycles. The number of esters is 1. The first-order valence-electron chi connectivity index (χ1n) is 7.95. The topological polar surface area (TPSA) is 87.3 Å². The van der Waals surface area contributed by atoms with Crippen molar-refractivity contribution in [2.45, 2.75) is 40.2 Å². The summed E-state index contributed by atoms with van der Waals surface area (Å²) in [6.45, 7) is 8.10. The molecule has 0 radical (unpaired) electrons. The number of nitrogens with zero attached hydrogens (tertiary/aromatic N) is 2. The van der Waals surface area contributed by atoms with E-state index in [1.54, 1.807) is 13.8 Å². The Labute approximate surface area is 142 Å². The van der Waals surface area contributed by atoms with Gasteiger partial charge in [-0.3, -0.25) is 0 Å². The summed E-state index contributed by atoms with van der Waals surface area (Å²) in [5, 5.41) is 0. The van der Waals surface area contributed by atoms with E-state index >= 15 is 0 Å². The molecule has 0 saturated heterocycles. The van der Waals surface area contributed by atoms with E-state index in [0.29, 0.717) is 28.6 Å². The molecule has 2 rings (SSSR count). The average molecular weight is 329 g/mol. The average Bonchev–Trinajstić information content (AvgIpc) is 2.52. The maximum Gasteiger partial charge on any atom is 0.341 e. The number of hydrogen-bond acceptors (Lipinski definition) is 6. The standard InChI is InChI=1S/C18H23N3O3/c1-5-23-17(22)16-12(4)20-18(19)21-15(16)10-24-14-8-6-13(7-9-14)11(2)3/h6-9,11H,5,10H2,1-4H3,(H2,19,20,21). The number of anilines is 1. The predicted molar refractivity (Wildman–Crippen MR) is 92.0 cm³/mol. The number of rotatable bonds is 6. The Morgan fingerprint density at radius 3 is 2.46 bits per heavy atom. The molecule has 0 atom stereocenters. The summed E-state index contributed by atoms with van der Waals surface area (Å²) >= 11 is 0. The number of aromatic nitrogens is 2. The van der Waals surface area contributed by atoms with E-state index in [2.05, 4.69) is 23.8 Å². The molecule has 1 heterocycles. The van der Waals surface area contributed by atoms with Crippen LogP contribution in [0.4, 0.5) is 5.95 Å². The van der Waals surface area contributed by atoms with Crippen LogP contribution in [0.3, 0.4) is 0 Å². The number of nitrogens with two attached hydrogens (primary N) is 1. The number of aryl methyl sites for hydroxylation is 1. The van der Waals surface area contributed by atoms with Crippen molar-refractivity contribution in [2.24, 2.45) is 0 Å². The second-order valence-corrected chi connectivity index (χ2v) is 5.72. The van der Waals surface area contributed by atoms with Gasteiger partial charge in [0.2, 0.25) is 5.95 Å². The molecule has 128 valence electrons. The smallest absolute Gasteiger partial charge is 0.341 e. The quantitative estimate of drug-likeness (QED) is 0.819. The largest absolute Gasteiger partial charge is 0.487 e. The second kappa shape index (κ2) is 7.77. The zero-order chi connectivity index (χ0) is 17.7. The number of ether oxygens (including phenoxy) is 2. The number of carbonyl (C=O) groups excluding carboxylic acids is 1. The molecule has 0 bridgehead atoms. The molecule has 6 heteroatoms. The molecule has 0 aliphatic carbocycles. The summed E-state index contributed by atoms with van der Waals surface area (Å²) in [6.07, 6.45) is 0. The van der Waals surface area contributed by atoms with Gasteiger partial charge in [0, 0.05) is 0 Å². The van der Waals surface area contributed by atoms with Gasteiger partial charge in [-0.1, -0.05) is 26.0 Å². The fourth-order valence-corrected chi connectivity index (χ4v) is 2.33. The fraction of sp³-hybridized carbons (Fsp3) is 0.389. The van der Waals surface area contributed by atoms with Crippen LogP contribution in [0.2, 0.25) is 0 Å². The number of benzene rings is 1. The minimum Gasteiger partial charge on any atom is -0.487 e. The second-order valence-electron chi connectivity index (χ2n) is 5.72. The molecule has 6 nitrogen and oxygen atoms in total. The third kappa shape index (κ3) is 4.22. The number of nitrogen functional groups attached to an aromatic ring is 1. The Balaban J connectivity index is 2.20. The van der Waals surface area contributed by atoms with Gasteiger partial charge in [0.25, 0.3) is 0 Å². The van der Waals surface area contributed by atoms with Gasteiger partial charge in [-0.25, -0.2) is 14.8 Å². The summed E-state index contributed by atoms with van der Waals surface area (Å²) in [6, 6.07) is 7.84. The lowest BCUT2D eigenvalue weighted by molar-refractivity contribution is 0.0521. The first kappa shape index (κ1) is 17.7. The van der Waals surface area contributed by atoms with Crippen molar-refractivity contribution in [3.05, 3.63) is 46.8 Å². The third-order valence-corrected chi connectivity index (χ3v) is 3.58. The summed E-state index contributed by atoms with van der Waals surface area (Å²) in [7, 11) is 0. The van der Waals surface area contributed by atoms with E-state index in [4.69, 9.17) is 15.2 Å². The van der Waals surface area contributed by atoms with Crippen LogP contribution in [0.5, 0.6) is 5.75 Å². The number of carbonyl (C=O) groups is 1. The minimum atomic E-state index is -0.469. The van der Waals surface area contributed by atoms with Gasteiger partial charge in [0.1, 0.15) is 17.9 Å². The van der Waals surface area contributed by atoms with Crippen LogP contribution < -0.4 is 10.5 Å². The molecular weight excluding hydrogens is 306 g/mol. The van der Waals surface area contributed by atoms with Crippen molar-refractivity contribution < 1.29 is 14.3 Å². The molecule has 0 spiro atoms. The maximum atomic E-state index is 12.1. The van der Waals surface area contributed by atoms with Gasteiger partial charge < -0.3 is 15.2 Å². The van der Waals surface area contributed by atoms with Crippen LogP contribution in [0.15, 0.2) is 24.3 Å². The highest BCUT2D eigenvalue weighted by atomic mass is 16.5. The molecule has 1 aromatic carbocycles. The molecule has 0 unspecified atom stereocenters. The zero-order valence-corrected chi connectivity index (χ0v) is 14.5. The molecule has 2 aromatic rings. The van der Waals surface area contributed by atoms with Gasteiger partial charge in [0.15, 0.2) is 0 Å². The third-order valence-electron chi connectivity index (χ3n) is 3.58. The Kier molecular flexibility index (Phi) is 5.73. The molecular formula is C18H23N3O3. The summed E-state index contributed by atoms with van der Waals surface area (Å²) < 4.78 is 10.8. The highest BCUT2D eigenvalue weighted by molar-refractivity contribution is 5.91. The van der Waals surface area contributed by atoms with Crippen LogP contribution in [0.1, 0.15) is 54.0 Å². The highest BCUT2D eigenvalue weighted by Crippen LogP contribution is 2.21. The highest BCUT2D eigenvalue weighted by Gasteiger charge is 2.19. The lowest BCUT2D eigenvalue weighted by Crippen LogP contribution is -2.16. The van der Waals surface area contributed by atoms with Crippen molar-refractivity contribution in [3.8, 4) is 5.75 Å². The van der Waals surface area contributed by atoms with Crippen LogP contribution >= 0.6 is 0 Å². The Morgan fingerprint density at radius 1 is 1.21 bits per heavy atom. The van der Waals surface area contributed by atoms with E-state index in [9.17, 15) is 4.79 Å². The van der Waals surface area contributed by atoms with Gasteiger partial charge in [-0.2, -0.15) is 0 Å². The first-order valence-corrected chi connectivity index (χ1v) is 7.95. The maximum absolute atomic E-state index is 12.1. The molecule has 0 amide bonds. The predicted octanol–water partition coefficient (Wildman–Crippen LogP) is 3.25. The minimum absolute atomic E-state index is 0.106. The monoisotopic (exact) mass is 329 g/mol. The van der Waals surface area contributed by atoms with Crippen molar-refractivity contribution >= 4 is 11.9 Å². The summed E-state index contributed by atoms with van der Waals surface area (Å²) in [5.74, 6) is 0.792. The molecule has 24 heavy (non-hydrogen) atoms. The van der Waals surface area contributed by atoms with Crippen molar-refractivity contribution in [1.82, 2.24) is 9.97 Å². The van der Waals surface area contributed by atoms with Crippen LogP contribution in [0, 0.1) is 6.92 Å². The zero-order valence-electron chi connectivity index (χ0n) is 14.5. The van der Waals surface area contributed by atoms with Gasteiger partial charge in [-0.05, 0) is 37.5 Å². The van der Waals surface area contributed by atoms with Crippen molar-refractivity contribution in [3.63, 3.8) is 0 Å². The van der Waals surface area contributed by atoms with Gasteiger partial charge in [-0.15, -0.1) is 0 Å². The normalized spacial score (nSPS) is 10.7. The summed E-state index contributed by atoms with van der Waals surface area (Å²) in [5.41, 5.74) is 8.14. The van der Waals surface area contributed by atoms with E-state index in [1.165, 1.54) is 5.56 Å². The Bertz CT molecular complexity index is 712. The SMILES string of the molecule is CCOC(=O)c1c(C)nc(N)nc1COc1ccc(C(C)C)cc1. The van der Waals surface area contributed by atoms with E-state index in [1.807, 2.05) is 24.3 Å². The lowest BCUT2D eigenvalue weighted by atomic mass is 10.0. The van der Waals surface area contributed by atoms with Gasteiger partial charge in [0.05, 0.1) is 18.0 Å². The molecule has 0 aliphatic rings. The molecule has 0 aliphatic heterocycles.